The molecule has 0 aromatic carbocycles. The Kier molecular flexibility index (Phi) is 7.16. The van der Waals surface area contributed by atoms with Crippen molar-refractivity contribution in [2.24, 2.45) is 0 Å². The zero-order chi connectivity index (χ0) is 8.36. The molecule has 0 bridgehead atoms. The van der Waals surface area contributed by atoms with Crippen molar-refractivity contribution < 1.29 is 31.6 Å². The smallest absolute Gasteiger partial charge is 1.00 e. The molecule has 1 unspecified atom stereocenters. The van der Waals surface area contributed by atoms with Gasteiger partial charge in [-0.25, -0.2) is 9.36 Å². The molecule has 0 radical (unpaired) electrons. The van der Waals surface area contributed by atoms with Gasteiger partial charge in [-0.1, -0.05) is 0 Å². The van der Waals surface area contributed by atoms with E-state index < -0.39 is 19.9 Å². The first-order chi connectivity index (χ1) is 4.33. The summed E-state index contributed by atoms with van der Waals surface area (Å²) in [6.07, 6.45) is -1.52. The molecule has 0 aliphatic heterocycles. The van der Waals surface area contributed by atoms with Crippen LogP contribution < -0.4 is 0 Å². The second kappa shape index (κ2) is 5.48. The Labute approximate surface area is 95.8 Å². The monoisotopic (exact) mass is 212 g/mol. The predicted molar refractivity (Wildman–Crippen MR) is 37.8 cm³/mol. The second-order valence-electron chi connectivity index (χ2n) is 1.58. The molecule has 3 N–H and O–H groups in total. The van der Waals surface area contributed by atoms with Crippen molar-refractivity contribution in [3.63, 3.8) is 0 Å². The molecule has 8 heteroatoms. The minimum absolute atomic E-state index is 0. The first-order valence-electron chi connectivity index (χ1n) is 2.30. The van der Waals surface area contributed by atoms with Gasteiger partial charge in [-0.05, 0) is 6.92 Å². The van der Waals surface area contributed by atoms with E-state index in [-0.39, 0.29) is 40.6 Å². The Morgan fingerprint density at radius 2 is 2.00 bits per heavy atom. The largest absolute Gasteiger partial charge is 2.00 e. The van der Waals surface area contributed by atoms with Crippen molar-refractivity contribution >= 4 is 51.5 Å². The first-order valence-corrected chi connectivity index (χ1v) is 3.83. The maximum atomic E-state index is 10.2. The van der Waals surface area contributed by atoms with E-state index in [4.69, 9.17) is 14.9 Å². The topological polar surface area (TPSA) is 104 Å². The predicted octanol–water partition coefficient (Wildman–Crippen LogP) is -1.15. The van der Waals surface area contributed by atoms with Crippen molar-refractivity contribution in [1.82, 2.24) is 0 Å². The summed E-state index contributed by atoms with van der Waals surface area (Å²) in [5.74, 6) is -1.34. The summed E-state index contributed by atoms with van der Waals surface area (Å²) >= 11 is 0. The van der Waals surface area contributed by atoms with Gasteiger partial charge in [0.15, 0.2) is 0 Å². The quantitative estimate of drug-likeness (QED) is 0.394. The number of hydrogen-bond donors (Lipinski definition) is 3. The molecule has 6 nitrogen and oxygen atoms in total. The van der Waals surface area contributed by atoms with Crippen LogP contribution in [-0.2, 0) is 13.9 Å². The van der Waals surface area contributed by atoms with E-state index >= 15 is 0 Å². The summed E-state index contributed by atoms with van der Waals surface area (Å²) in [6, 6.07) is 0. The number of phosphoric ester groups is 1. The molecule has 0 saturated heterocycles. The Morgan fingerprint density at radius 3 is 2.09 bits per heavy atom. The summed E-state index contributed by atoms with van der Waals surface area (Å²) in [4.78, 5) is 26.2. The van der Waals surface area contributed by atoms with Gasteiger partial charge in [-0.3, -0.25) is 9.79 Å². The molecule has 1 atom stereocenters. The van der Waals surface area contributed by atoms with Gasteiger partial charge in [0.1, 0.15) is 6.10 Å². The molecule has 0 fully saturated rings. The van der Waals surface area contributed by atoms with Crippen LogP contribution in [0.25, 0.3) is 0 Å². The fourth-order valence-corrected chi connectivity index (χ4v) is 0.580. The fourth-order valence-electron chi connectivity index (χ4n) is 0.193. The number of hydrogen-bond acceptors (Lipinski definition) is 4. The Bertz CT molecular complexity index is 181. The number of aliphatic hydroxyl groups is 1. The standard InChI is InChI=1S/C3H7O6P.Ca.2H/c1-2(4)3(5)9-10(6,7)8;;;/h2,4H,1H3,(H2,6,7,8);;;/q;+2;2*-1. The molecule has 0 aliphatic rings. The molecule has 0 rings (SSSR count). The van der Waals surface area contributed by atoms with Crippen LogP contribution in [0.4, 0.5) is 0 Å². The molecular weight excluding hydrogens is 203 g/mol. The minimum atomic E-state index is -4.79. The van der Waals surface area contributed by atoms with E-state index in [1.807, 2.05) is 0 Å². The van der Waals surface area contributed by atoms with Crippen LogP contribution in [0.15, 0.2) is 0 Å². The molecule has 64 valence electrons. The van der Waals surface area contributed by atoms with E-state index in [1.54, 1.807) is 0 Å². The first kappa shape index (κ1) is 14.4. The van der Waals surface area contributed by atoms with Gasteiger partial charge < -0.3 is 12.5 Å². The van der Waals surface area contributed by atoms with E-state index in [0.717, 1.165) is 6.92 Å². The van der Waals surface area contributed by atoms with E-state index in [9.17, 15) is 9.36 Å². The summed E-state index contributed by atoms with van der Waals surface area (Å²) < 4.78 is 13.4. The van der Waals surface area contributed by atoms with Gasteiger partial charge >= 0.3 is 51.5 Å². The van der Waals surface area contributed by atoms with Gasteiger partial charge in [0.05, 0.1) is 0 Å². The Hall–Kier alpha value is 0.840. The molecule has 0 spiro atoms. The normalized spacial score (nSPS) is 13.1. The van der Waals surface area contributed by atoms with Crippen molar-refractivity contribution in [3.8, 4) is 0 Å². The maximum Gasteiger partial charge on any atom is 2.00 e. The van der Waals surface area contributed by atoms with E-state index in [2.05, 4.69) is 4.52 Å². The van der Waals surface area contributed by atoms with Gasteiger partial charge in [0, 0.05) is 0 Å². The van der Waals surface area contributed by atoms with E-state index in [1.165, 1.54) is 0 Å². The van der Waals surface area contributed by atoms with Gasteiger partial charge in [-0.2, -0.15) is 0 Å². The summed E-state index contributed by atoms with van der Waals surface area (Å²) in [5.41, 5.74) is 0. The van der Waals surface area contributed by atoms with Crippen molar-refractivity contribution in [1.29, 1.82) is 0 Å². The fraction of sp³-hybridized carbons (Fsp3) is 0.667. The molecule has 0 aromatic rings. The zero-order valence-corrected chi connectivity index (χ0v) is 8.90. The van der Waals surface area contributed by atoms with Crippen molar-refractivity contribution in [3.05, 3.63) is 0 Å². The zero-order valence-electron chi connectivity index (χ0n) is 7.80. The second-order valence-corrected chi connectivity index (χ2v) is 2.74. The number of carbonyl (C=O) groups excluding carboxylic acids is 1. The van der Waals surface area contributed by atoms with Gasteiger partial charge in [0.2, 0.25) is 0 Å². The third-order valence-corrected chi connectivity index (χ3v) is 0.968. The number of aliphatic hydroxyl groups excluding tert-OH is 1. The Balaban J connectivity index is -0.000000135. The molecule has 0 heterocycles. The number of rotatable bonds is 2. The maximum absolute atomic E-state index is 10.2. The number of phosphoric acid groups is 1. The van der Waals surface area contributed by atoms with Crippen LogP contribution in [-0.4, -0.2) is 64.7 Å². The Morgan fingerprint density at radius 1 is 1.64 bits per heavy atom. The average molecular weight is 212 g/mol. The van der Waals surface area contributed by atoms with Crippen LogP contribution in [0, 0.1) is 0 Å². The SMILES string of the molecule is CC(O)C(=O)OP(=O)(O)O.[Ca+2].[H-].[H-]. The van der Waals surface area contributed by atoms with Crippen LogP contribution in [0.1, 0.15) is 9.78 Å². The van der Waals surface area contributed by atoms with Crippen LogP contribution in [0.5, 0.6) is 0 Å². The van der Waals surface area contributed by atoms with Crippen molar-refractivity contribution in [2.45, 2.75) is 13.0 Å². The molecule has 0 saturated carbocycles. The molecule has 11 heavy (non-hydrogen) atoms. The van der Waals surface area contributed by atoms with Gasteiger partial charge in [0.25, 0.3) is 0 Å². The van der Waals surface area contributed by atoms with Crippen molar-refractivity contribution in [2.75, 3.05) is 0 Å². The molecule has 0 amide bonds. The average Bonchev–Trinajstić information content (AvgIpc) is 1.60. The summed E-state index contributed by atoms with van der Waals surface area (Å²) in [6.45, 7) is 1.04. The minimum Gasteiger partial charge on any atom is -1.00 e. The van der Waals surface area contributed by atoms with Crippen LogP contribution >= 0.6 is 7.82 Å². The van der Waals surface area contributed by atoms with Crippen LogP contribution in [0.2, 0.25) is 0 Å². The van der Waals surface area contributed by atoms with Crippen LogP contribution in [0.3, 0.4) is 0 Å². The van der Waals surface area contributed by atoms with E-state index in [0.29, 0.717) is 0 Å². The summed E-state index contributed by atoms with van der Waals surface area (Å²) in [7, 11) is -4.79. The molecule has 0 aromatic heterocycles. The number of carbonyl (C=O) groups is 1. The molecular formula is C3H9CaO6P. The third-order valence-electron chi connectivity index (χ3n) is 0.550. The third kappa shape index (κ3) is 8.75. The van der Waals surface area contributed by atoms with Gasteiger partial charge in [-0.15, -0.1) is 0 Å². The summed E-state index contributed by atoms with van der Waals surface area (Å²) in [5, 5.41) is 8.37. The molecule has 0 aliphatic carbocycles.